The Kier molecular flexibility index (Phi) is 3.68. The number of carbonyl (C=O) groups excluding carboxylic acids is 2. The molecule has 0 unspecified atom stereocenters. The van der Waals surface area contributed by atoms with Crippen LogP contribution in [0.4, 0.5) is 5.69 Å². The van der Waals surface area contributed by atoms with Crippen molar-refractivity contribution in [2.75, 3.05) is 5.43 Å². The van der Waals surface area contributed by atoms with Gasteiger partial charge >= 0.3 is 11.8 Å². The molecule has 80 valence electrons. The third-order valence-electron chi connectivity index (χ3n) is 1.93. The van der Waals surface area contributed by atoms with Crippen LogP contribution >= 0.6 is 0 Å². The summed E-state index contributed by atoms with van der Waals surface area (Å²) in [7, 11) is 0. The van der Waals surface area contributed by atoms with Crippen LogP contribution in [0, 0.1) is 0 Å². The number of carbonyl (C=O) groups is 2. The Morgan fingerprint density at radius 1 is 1.33 bits per heavy atom. The molecule has 0 bridgehead atoms. The number of rotatable bonds is 3. The Morgan fingerprint density at radius 2 is 2.00 bits per heavy atom. The number of hydrogen-bond acceptors (Lipinski definition) is 3. The number of aryl methyl sites for hydroxylation is 1. The molecule has 0 radical (unpaired) electrons. The van der Waals surface area contributed by atoms with Gasteiger partial charge in [0.05, 0.1) is 5.69 Å². The number of nitrogens with two attached hydrogens (primary N) is 1. The third-order valence-corrected chi connectivity index (χ3v) is 1.93. The minimum atomic E-state index is -1.02. The van der Waals surface area contributed by atoms with Gasteiger partial charge in [0.25, 0.3) is 0 Å². The number of benzene rings is 1. The summed E-state index contributed by atoms with van der Waals surface area (Å²) in [5, 5.41) is 0. The van der Waals surface area contributed by atoms with Crippen molar-refractivity contribution in [3.8, 4) is 0 Å². The highest BCUT2D eigenvalue weighted by atomic mass is 16.2. The zero-order chi connectivity index (χ0) is 11.3. The van der Waals surface area contributed by atoms with Crippen molar-refractivity contribution in [1.29, 1.82) is 0 Å². The van der Waals surface area contributed by atoms with E-state index in [-0.39, 0.29) is 0 Å². The van der Waals surface area contributed by atoms with Crippen LogP contribution < -0.4 is 16.6 Å². The van der Waals surface area contributed by atoms with Crippen LogP contribution in [0.5, 0.6) is 0 Å². The van der Waals surface area contributed by atoms with Gasteiger partial charge in [0.15, 0.2) is 0 Å². The number of anilines is 1. The predicted molar refractivity (Wildman–Crippen MR) is 56.8 cm³/mol. The van der Waals surface area contributed by atoms with E-state index in [0.717, 1.165) is 17.7 Å². The van der Waals surface area contributed by atoms with Gasteiger partial charge in [0.2, 0.25) is 0 Å². The fourth-order valence-corrected chi connectivity index (χ4v) is 1.14. The number of para-hydroxylation sites is 1. The van der Waals surface area contributed by atoms with E-state index in [9.17, 15) is 9.59 Å². The number of hydrogen-bond donors (Lipinski definition) is 3. The van der Waals surface area contributed by atoms with Gasteiger partial charge in [-0.1, -0.05) is 25.1 Å². The lowest BCUT2D eigenvalue weighted by Crippen LogP contribution is -2.39. The van der Waals surface area contributed by atoms with Gasteiger partial charge in [-0.2, -0.15) is 0 Å². The van der Waals surface area contributed by atoms with Crippen molar-refractivity contribution >= 4 is 17.5 Å². The number of amides is 2. The van der Waals surface area contributed by atoms with E-state index in [1.807, 2.05) is 25.1 Å². The van der Waals surface area contributed by atoms with Crippen LogP contribution in [0.15, 0.2) is 24.3 Å². The molecule has 0 aliphatic heterocycles. The lowest BCUT2D eigenvalue weighted by atomic mass is 10.1. The van der Waals surface area contributed by atoms with Crippen molar-refractivity contribution in [3.63, 3.8) is 0 Å². The molecule has 0 atom stereocenters. The van der Waals surface area contributed by atoms with Gasteiger partial charge in [-0.05, 0) is 18.1 Å². The van der Waals surface area contributed by atoms with Crippen LogP contribution in [0.1, 0.15) is 12.5 Å². The molecule has 1 aromatic rings. The molecule has 0 aromatic heterocycles. The lowest BCUT2D eigenvalue weighted by molar-refractivity contribution is -0.136. The van der Waals surface area contributed by atoms with Gasteiger partial charge in [0.1, 0.15) is 0 Å². The van der Waals surface area contributed by atoms with Crippen LogP contribution in [-0.2, 0) is 16.0 Å². The Balaban J connectivity index is 2.65. The highest BCUT2D eigenvalue weighted by molar-refractivity contribution is 6.34. The molecule has 0 spiro atoms. The van der Waals surface area contributed by atoms with E-state index in [1.165, 1.54) is 0 Å². The van der Waals surface area contributed by atoms with Gasteiger partial charge < -0.3 is 5.73 Å². The Hall–Kier alpha value is -2.04. The third kappa shape index (κ3) is 2.98. The second-order valence-electron chi connectivity index (χ2n) is 2.95. The van der Waals surface area contributed by atoms with E-state index >= 15 is 0 Å². The molecule has 0 fully saturated rings. The van der Waals surface area contributed by atoms with Crippen molar-refractivity contribution in [2.45, 2.75) is 13.3 Å². The maximum absolute atomic E-state index is 10.9. The fraction of sp³-hybridized carbons (Fsp3) is 0.200. The molecule has 5 heteroatoms. The Labute approximate surface area is 87.6 Å². The molecular weight excluding hydrogens is 194 g/mol. The SMILES string of the molecule is CCc1ccccc1NNC(=O)C(N)=O. The number of nitrogens with one attached hydrogen (secondary N) is 2. The maximum Gasteiger partial charge on any atom is 0.327 e. The summed E-state index contributed by atoms with van der Waals surface area (Å²) in [6.45, 7) is 2.00. The van der Waals surface area contributed by atoms with Crippen LogP contribution in [0.25, 0.3) is 0 Å². The minimum Gasteiger partial charge on any atom is -0.361 e. The van der Waals surface area contributed by atoms with E-state index in [2.05, 4.69) is 10.9 Å². The first kappa shape index (κ1) is 11.0. The quantitative estimate of drug-likeness (QED) is 0.488. The summed E-state index contributed by atoms with van der Waals surface area (Å²) < 4.78 is 0. The molecule has 2 amide bonds. The van der Waals surface area contributed by atoms with E-state index in [0.29, 0.717) is 0 Å². The molecule has 1 rings (SSSR count). The highest BCUT2D eigenvalue weighted by Crippen LogP contribution is 2.13. The van der Waals surface area contributed by atoms with Crippen molar-refractivity contribution < 1.29 is 9.59 Å². The fourth-order valence-electron chi connectivity index (χ4n) is 1.14. The molecule has 4 N–H and O–H groups in total. The summed E-state index contributed by atoms with van der Waals surface area (Å²) in [6.07, 6.45) is 0.829. The van der Waals surface area contributed by atoms with E-state index in [4.69, 9.17) is 5.73 Å². The topological polar surface area (TPSA) is 84.2 Å². The van der Waals surface area contributed by atoms with E-state index in [1.54, 1.807) is 6.07 Å². The normalized spacial score (nSPS) is 9.40. The first-order chi connectivity index (χ1) is 7.15. The van der Waals surface area contributed by atoms with Gasteiger partial charge in [-0.25, -0.2) is 0 Å². The van der Waals surface area contributed by atoms with Crippen LogP contribution in [-0.4, -0.2) is 11.8 Å². The molecular formula is C10H13N3O2. The zero-order valence-corrected chi connectivity index (χ0v) is 8.41. The second-order valence-corrected chi connectivity index (χ2v) is 2.95. The van der Waals surface area contributed by atoms with Crippen molar-refractivity contribution in [3.05, 3.63) is 29.8 Å². The largest absolute Gasteiger partial charge is 0.361 e. The molecule has 0 aliphatic rings. The average Bonchev–Trinajstić information content (AvgIpc) is 2.26. The number of hydrazine groups is 1. The summed E-state index contributed by atoms with van der Waals surface area (Å²) in [5.74, 6) is -1.88. The summed E-state index contributed by atoms with van der Waals surface area (Å²) in [6, 6.07) is 7.47. The van der Waals surface area contributed by atoms with Crippen LogP contribution in [0.3, 0.4) is 0 Å². The second kappa shape index (κ2) is 4.99. The van der Waals surface area contributed by atoms with Crippen molar-refractivity contribution in [2.24, 2.45) is 5.73 Å². The smallest absolute Gasteiger partial charge is 0.327 e. The van der Waals surface area contributed by atoms with Crippen molar-refractivity contribution in [1.82, 2.24) is 5.43 Å². The maximum atomic E-state index is 10.9. The monoisotopic (exact) mass is 207 g/mol. The molecule has 0 saturated heterocycles. The van der Waals surface area contributed by atoms with Crippen LogP contribution in [0.2, 0.25) is 0 Å². The molecule has 5 nitrogen and oxygen atoms in total. The molecule has 15 heavy (non-hydrogen) atoms. The standard InChI is InChI=1S/C10H13N3O2/c1-2-7-5-3-4-6-8(7)12-13-10(15)9(11)14/h3-6,12H,2H2,1H3,(H2,11,14)(H,13,15). The summed E-state index contributed by atoms with van der Waals surface area (Å²) in [5.41, 5.74) is 11.4. The van der Waals surface area contributed by atoms with Gasteiger partial charge in [-0.3, -0.25) is 20.4 Å². The first-order valence-electron chi connectivity index (χ1n) is 4.58. The minimum absolute atomic E-state index is 0.759. The molecule has 0 aliphatic carbocycles. The Morgan fingerprint density at radius 3 is 2.60 bits per heavy atom. The number of primary amides is 1. The molecule has 1 aromatic carbocycles. The molecule has 0 heterocycles. The lowest BCUT2D eigenvalue weighted by Gasteiger charge is -2.10. The summed E-state index contributed by atoms with van der Waals surface area (Å²) in [4.78, 5) is 21.3. The van der Waals surface area contributed by atoms with E-state index < -0.39 is 11.8 Å². The Bertz CT molecular complexity index is 377. The summed E-state index contributed by atoms with van der Waals surface area (Å²) >= 11 is 0. The molecule has 0 saturated carbocycles. The van der Waals surface area contributed by atoms with Gasteiger partial charge in [0, 0.05) is 0 Å². The zero-order valence-electron chi connectivity index (χ0n) is 8.41. The highest BCUT2D eigenvalue weighted by Gasteiger charge is 2.07. The predicted octanol–water partition coefficient (Wildman–Crippen LogP) is 0.177. The van der Waals surface area contributed by atoms with Gasteiger partial charge in [-0.15, -0.1) is 0 Å². The average molecular weight is 207 g/mol. The first-order valence-corrected chi connectivity index (χ1v) is 4.58.